The van der Waals surface area contributed by atoms with Crippen LogP contribution >= 0.6 is 11.3 Å². The number of hydrogen-bond acceptors (Lipinski definition) is 4. The van der Waals surface area contributed by atoms with Crippen molar-refractivity contribution in [1.29, 1.82) is 0 Å². The summed E-state index contributed by atoms with van der Waals surface area (Å²) < 4.78 is 5.69. The number of ether oxygens (including phenoxy) is 1. The Kier molecular flexibility index (Phi) is 3.62. The van der Waals surface area contributed by atoms with Crippen LogP contribution in [0, 0.1) is 0 Å². The molecule has 0 fully saturated rings. The molecule has 0 amide bonds. The predicted octanol–water partition coefficient (Wildman–Crippen LogP) is 3.30. The first-order valence-corrected chi connectivity index (χ1v) is 6.40. The summed E-state index contributed by atoms with van der Waals surface area (Å²) in [5.74, 6) is -0.293. The molecule has 0 spiro atoms. The van der Waals surface area contributed by atoms with E-state index in [0.717, 1.165) is 11.3 Å². The average Bonchev–Trinajstić information content (AvgIpc) is 2.78. The van der Waals surface area contributed by atoms with E-state index >= 15 is 0 Å². The maximum atomic E-state index is 10.8. The molecule has 18 heavy (non-hydrogen) atoms. The Labute approximate surface area is 109 Å². The van der Waals surface area contributed by atoms with Crippen molar-refractivity contribution in [3.63, 3.8) is 0 Å². The predicted molar refractivity (Wildman–Crippen MR) is 70.3 cm³/mol. The lowest BCUT2D eigenvalue weighted by Gasteiger charge is -2.12. The highest BCUT2D eigenvalue weighted by atomic mass is 32.1. The zero-order chi connectivity index (χ0) is 13.1. The molecule has 0 radical (unpaired) electrons. The highest BCUT2D eigenvalue weighted by molar-refractivity contribution is 7.13. The number of carbonyl (C=O) groups is 1. The van der Waals surface area contributed by atoms with Crippen molar-refractivity contribution in [2.75, 3.05) is 0 Å². The molecule has 1 N–H and O–H groups in total. The quantitative estimate of drug-likeness (QED) is 0.919. The Bertz CT molecular complexity index is 563. The minimum atomic E-state index is -1.01. The topological polar surface area (TPSA) is 59.4 Å². The summed E-state index contributed by atoms with van der Waals surface area (Å²) in [6.45, 7) is 3.89. The smallest absolute Gasteiger partial charge is 0.355 e. The van der Waals surface area contributed by atoms with Crippen LogP contribution in [0.2, 0.25) is 0 Å². The maximum absolute atomic E-state index is 10.8. The van der Waals surface area contributed by atoms with Crippen LogP contribution in [0.5, 0.6) is 5.75 Å². The monoisotopic (exact) mass is 263 g/mol. The summed E-state index contributed by atoms with van der Waals surface area (Å²) in [6, 6.07) is 7.50. The van der Waals surface area contributed by atoms with Crippen LogP contribution in [-0.4, -0.2) is 22.2 Å². The summed E-state index contributed by atoms with van der Waals surface area (Å²) in [5.41, 5.74) is 0.887. The van der Waals surface area contributed by atoms with Crippen molar-refractivity contribution >= 4 is 17.3 Å². The minimum Gasteiger partial charge on any atom is -0.490 e. The number of aromatic carboxylic acids is 1. The van der Waals surface area contributed by atoms with Crippen LogP contribution in [-0.2, 0) is 0 Å². The fourth-order valence-corrected chi connectivity index (χ4v) is 2.32. The first-order valence-electron chi connectivity index (χ1n) is 5.53. The molecule has 1 heterocycles. The lowest BCUT2D eigenvalue weighted by atomic mass is 10.2. The number of nitrogens with zero attached hydrogens (tertiary/aromatic N) is 1. The van der Waals surface area contributed by atoms with Gasteiger partial charge in [-0.15, -0.1) is 11.3 Å². The van der Waals surface area contributed by atoms with Gasteiger partial charge in [-0.05, 0) is 26.0 Å². The van der Waals surface area contributed by atoms with Gasteiger partial charge in [0.15, 0.2) is 5.69 Å². The molecule has 1 aromatic carbocycles. The van der Waals surface area contributed by atoms with Crippen LogP contribution in [0.25, 0.3) is 10.6 Å². The molecule has 94 valence electrons. The molecule has 2 rings (SSSR count). The van der Waals surface area contributed by atoms with Crippen LogP contribution < -0.4 is 4.74 Å². The van der Waals surface area contributed by atoms with E-state index in [0.29, 0.717) is 5.01 Å². The molecule has 0 bridgehead atoms. The SMILES string of the molecule is CC(C)Oc1ccccc1-c1nc(C(=O)O)cs1. The Balaban J connectivity index is 2.39. The van der Waals surface area contributed by atoms with Gasteiger partial charge in [0, 0.05) is 5.38 Å². The number of carboxylic acids is 1. The van der Waals surface area contributed by atoms with E-state index in [1.807, 2.05) is 38.1 Å². The second-order valence-corrected chi connectivity index (χ2v) is 4.86. The zero-order valence-corrected chi connectivity index (χ0v) is 10.9. The van der Waals surface area contributed by atoms with E-state index in [9.17, 15) is 4.79 Å². The van der Waals surface area contributed by atoms with Crippen LogP contribution in [0.1, 0.15) is 24.3 Å². The highest BCUT2D eigenvalue weighted by Crippen LogP contribution is 2.32. The third-order valence-electron chi connectivity index (χ3n) is 2.20. The molecular weight excluding hydrogens is 250 g/mol. The van der Waals surface area contributed by atoms with Gasteiger partial charge in [-0.25, -0.2) is 9.78 Å². The molecule has 0 aliphatic heterocycles. The zero-order valence-electron chi connectivity index (χ0n) is 10.1. The molecule has 0 saturated carbocycles. The van der Waals surface area contributed by atoms with Crippen molar-refractivity contribution in [1.82, 2.24) is 4.98 Å². The van der Waals surface area contributed by atoms with Gasteiger partial charge in [0.1, 0.15) is 10.8 Å². The minimum absolute atomic E-state index is 0.0602. The van der Waals surface area contributed by atoms with Crippen LogP contribution in [0.15, 0.2) is 29.6 Å². The number of rotatable bonds is 4. The molecule has 0 aliphatic rings. The van der Waals surface area contributed by atoms with Gasteiger partial charge in [0.2, 0.25) is 0 Å². The summed E-state index contributed by atoms with van der Waals surface area (Å²) in [7, 11) is 0. The summed E-state index contributed by atoms with van der Waals surface area (Å²) in [6.07, 6.45) is 0.0602. The van der Waals surface area contributed by atoms with Crippen molar-refractivity contribution < 1.29 is 14.6 Å². The normalized spacial score (nSPS) is 10.6. The number of carboxylic acid groups (broad SMARTS) is 1. The third-order valence-corrected chi connectivity index (χ3v) is 3.08. The number of aromatic nitrogens is 1. The molecule has 0 atom stereocenters. The van der Waals surface area contributed by atoms with Gasteiger partial charge in [0.25, 0.3) is 0 Å². The molecular formula is C13H13NO3S. The lowest BCUT2D eigenvalue weighted by Crippen LogP contribution is -2.06. The summed E-state index contributed by atoms with van der Waals surface area (Å²) >= 11 is 1.30. The Morgan fingerprint density at radius 1 is 1.39 bits per heavy atom. The van der Waals surface area contributed by atoms with E-state index in [2.05, 4.69) is 4.98 Å². The Morgan fingerprint density at radius 2 is 2.11 bits per heavy atom. The van der Waals surface area contributed by atoms with E-state index < -0.39 is 5.97 Å². The fraction of sp³-hybridized carbons (Fsp3) is 0.231. The molecule has 4 nitrogen and oxygen atoms in total. The van der Waals surface area contributed by atoms with Gasteiger partial charge in [-0.3, -0.25) is 0 Å². The number of hydrogen-bond donors (Lipinski definition) is 1. The standard InChI is InChI=1S/C13H13NO3S/c1-8(2)17-11-6-4-3-5-9(11)12-14-10(7-18-12)13(15)16/h3-8H,1-2H3,(H,15,16). The molecule has 0 unspecified atom stereocenters. The molecule has 2 aromatic rings. The van der Waals surface area contributed by atoms with E-state index in [1.54, 1.807) is 0 Å². The van der Waals surface area contributed by atoms with E-state index in [1.165, 1.54) is 16.7 Å². The summed E-state index contributed by atoms with van der Waals surface area (Å²) in [4.78, 5) is 14.9. The number of benzene rings is 1. The van der Waals surface area contributed by atoms with Gasteiger partial charge in [-0.1, -0.05) is 12.1 Å². The number of thiazole rings is 1. The Morgan fingerprint density at radius 3 is 2.72 bits per heavy atom. The molecule has 0 aliphatic carbocycles. The van der Waals surface area contributed by atoms with Gasteiger partial charge in [-0.2, -0.15) is 0 Å². The second kappa shape index (κ2) is 5.18. The molecule has 5 heteroatoms. The van der Waals surface area contributed by atoms with Gasteiger partial charge >= 0.3 is 5.97 Å². The van der Waals surface area contributed by atoms with Gasteiger partial charge < -0.3 is 9.84 Å². The second-order valence-electron chi connectivity index (χ2n) is 4.01. The highest BCUT2D eigenvalue weighted by Gasteiger charge is 2.14. The Hall–Kier alpha value is -1.88. The largest absolute Gasteiger partial charge is 0.490 e. The third kappa shape index (κ3) is 2.68. The fourth-order valence-electron chi connectivity index (χ4n) is 1.50. The first-order chi connectivity index (χ1) is 8.58. The van der Waals surface area contributed by atoms with Crippen molar-refractivity contribution in [3.8, 4) is 16.3 Å². The van der Waals surface area contributed by atoms with Gasteiger partial charge in [0.05, 0.1) is 11.7 Å². The summed E-state index contributed by atoms with van der Waals surface area (Å²) in [5, 5.41) is 11.1. The van der Waals surface area contributed by atoms with E-state index in [4.69, 9.17) is 9.84 Å². The van der Waals surface area contributed by atoms with Crippen LogP contribution in [0.4, 0.5) is 0 Å². The average molecular weight is 263 g/mol. The molecule has 1 aromatic heterocycles. The number of para-hydroxylation sites is 1. The van der Waals surface area contributed by atoms with Crippen molar-refractivity contribution in [3.05, 3.63) is 35.3 Å². The van der Waals surface area contributed by atoms with Crippen molar-refractivity contribution in [2.24, 2.45) is 0 Å². The first kappa shape index (κ1) is 12.6. The lowest BCUT2D eigenvalue weighted by molar-refractivity contribution is 0.0691. The molecule has 0 saturated heterocycles. The van der Waals surface area contributed by atoms with Crippen LogP contribution in [0.3, 0.4) is 0 Å². The maximum Gasteiger partial charge on any atom is 0.355 e. The van der Waals surface area contributed by atoms with Crippen molar-refractivity contribution in [2.45, 2.75) is 20.0 Å². The van der Waals surface area contributed by atoms with E-state index in [-0.39, 0.29) is 11.8 Å².